The molecule has 0 spiro atoms. The van der Waals surface area contributed by atoms with E-state index in [9.17, 15) is 8.78 Å². The van der Waals surface area contributed by atoms with Crippen LogP contribution < -0.4 is 5.73 Å². The van der Waals surface area contributed by atoms with E-state index in [-0.39, 0.29) is 11.5 Å². The first-order valence-corrected chi connectivity index (χ1v) is 6.26. The number of aromatic nitrogens is 3. The average molecular weight is 300 g/mol. The number of benzene rings is 1. The monoisotopic (exact) mass is 300 g/mol. The van der Waals surface area contributed by atoms with Crippen molar-refractivity contribution in [3.63, 3.8) is 0 Å². The second-order valence-electron chi connectivity index (χ2n) is 4.37. The molecule has 0 fully saturated rings. The van der Waals surface area contributed by atoms with Crippen molar-refractivity contribution >= 4 is 17.2 Å². The largest absolute Gasteiger partial charge is 0.380 e. The Kier molecular flexibility index (Phi) is 3.57. The van der Waals surface area contributed by atoms with Gasteiger partial charge in [-0.3, -0.25) is 10.1 Å². The minimum absolute atomic E-state index is 0.144. The highest BCUT2D eigenvalue weighted by molar-refractivity contribution is 5.78. The van der Waals surface area contributed by atoms with Crippen LogP contribution in [0.25, 0.3) is 11.3 Å². The van der Waals surface area contributed by atoms with Gasteiger partial charge in [0.25, 0.3) is 0 Å². The summed E-state index contributed by atoms with van der Waals surface area (Å²) in [5, 5.41) is 14.4. The first kappa shape index (κ1) is 13.8. The van der Waals surface area contributed by atoms with Crippen molar-refractivity contribution in [1.82, 2.24) is 15.2 Å². The fraction of sp³-hybridized carbons (Fsp3) is 0. The third-order valence-corrected chi connectivity index (χ3v) is 2.89. The summed E-state index contributed by atoms with van der Waals surface area (Å²) in [6.07, 6.45) is 3.25. The van der Waals surface area contributed by atoms with E-state index in [4.69, 9.17) is 5.73 Å². The lowest BCUT2D eigenvalue weighted by atomic mass is 10.2. The summed E-state index contributed by atoms with van der Waals surface area (Å²) in [6.45, 7) is 0. The van der Waals surface area contributed by atoms with E-state index >= 15 is 0 Å². The average Bonchev–Trinajstić information content (AvgIpc) is 2.90. The molecule has 22 heavy (non-hydrogen) atoms. The lowest BCUT2D eigenvalue weighted by Crippen LogP contribution is -1.83. The molecular weight excluding hydrogens is 290 g/mol. The van der Waals surface area contributed by atoms with Gasteiger partial charge in [0, 0.05) is 24.0 Å². The molecule has 2 aromatic heterocycles. The number of pyridine rings is 1. The minimum atomic E-state index is -0.996. The zero-order valence-electron chi connectivity index (χ0n) is 11.2. The molecule has 8 heteroatoms. The number of hydrogen-bond donors (Lipinski definition) is 2. The lowest BCUT2D eigenvalue weighted by molar-refractivity contribution is 0.509. The standard InChI is InChI=1S/C14H10F2N6/c15-10-4-3-9(6-11(10)16)19-21-13-12(20-22-14(13)17)8-2-1-5-18-7-8/h1-7H,(H3,17,20,22). The molecule has 3 rings (SSSR count). The molecule has 110 valence electrons. The van der Waals surface area contributed by atoms with Gasteiger partial charge in [0.2, 0.25) is 0 Å². The summed E-state index contributed by atoms with van der Waals surface area (Å²) < 4.78 is 26.0. The van der Waals surface area contributed by atoms with E-state index in [1.807, 2.05) is 0 Å². The van der Waals surface area contributed by atoms with Gasteiger partial charge in [0.1, 0.15) is 0 Å². The Labute approximate surface area is 123 Å². The van der Waals surface area contributed by atoms with Crippen molar-refractivity contribution in [3.05, 3.63) is 54.4 Å². The molecule has 0 bridgehead atoms. The Morgan fingerprint density at radius 2 is 1.95 bits per heavy atom. The van der Waals surface area contributed by atoms with E-state index < -0.39 is 11.6 Å². The van der Waals surface area contributed by atoms with Gasteiger partial charge >= 0.3 is 0 Å². The van der Waals surface area contributed by atoms with Crippen LogP contribution in [0.1, 0.15) is 0 Å². The highest BCUT2D eigenvalue weighted by atomic mass is 19.2. The van der Waals surface area contributed by atoms with Gasteiger partial charge in [-0.05, 0) is 24.3 Å². The van der Waals surface area contributed by atoms with Crippen LogP contribution in [0.15, 0.2) is 53.0 Å². The van der Waals surface area contributed by atoms with E-state index in [0.717, 1.165) is 17.7 Å². The number of nitrogens with zero attached hydrogens (tertiary/aromatic N) is 4. The number of aromatic amines is 1. The Morgan fingerprint density at radius 3 is 2.68 bits per heavy atom. The van der Waals surface area contributed by atoms with Gasteiger partial charge in [0.15, 0.2) is 23.1 Å². The molecule has 0 aliphatic heterocycles. The van der Waals surface area contributed by atoms with Crippen LogP contribution in [0.3, 0.4) is 0 Å². The molecule has 6 nitrogen and oxygen atoms in total. The van der Waals surface area contributed by atoms with Gasteiger partial charge in [-0.25, -0.2) is 8.78 Å². The van der Waals surface area contributed by atoms with Crippen LogP contribution in [0.4, 0.5) is 26.0 Å². The molecule has 1 aromatic carbocycles. The van der Waals surface area contributed by atoms with E-state index in [2.05, 4.69) is 25.4 Å². The SMILES string of the molecule is Nc1n[nH]c(-c2cccnc2)c1N=Nc1ccc(F)c(F)c1. The molecule has 3 aromatic rings. The maximum absolute atomic E-state index is 13.1. The quantitative estimate of drug-likeness (QED) is 0.721. The summed E-state index contributed by atoms with van der Waals surface area (Å²) in [5.74, 6) is -1.80. The van der Waals surface area contributed by atoms with Gasteiger partial charge < -0.3 is 5.73 Å². The number of nitrogens with one attached hydrogen (secondary N) is 1. The summed E-state index contributed by atoms with van der Waals surface area (Å²) >= 11 is 0. The van der Waals surface area contributed by atoms with Gasteiger partial charge in [-0.2, -0.15) is 10.2 Å². The number of nitrogens with two attached hydrogens (primary N) is 1. The molecule has 0 atom stereocenters. The molecule has 2 heterocycles. The van der Waals surface area contributed by atoms with Crippen LogP contribution in [0.5, 0.6) is 0 Å². The molecule has 0 unspecified atom stereocenters. The normalized spacial score (nSPS) is 11.2. The van der Waals surface area contributed by atoms with E-state index in [1.165, 1.54) is 6.07 Å². The van der Waals surface area contributed by atoms with E-state index in [1.54, 1.807) is 24.5 Å². The third kappa shape index (κ3) is 2.66. The topological polar surface area (TPSA) is 92.3 Å². The van der Waals surface area contributed by atoms with E-state index in [0.29, 0.717) is 11.4 Å². The lowest BCUT2D eigenvalue weighted by Gasteiger charge is -1.98. The Hall–Kier alpha value is -3.16. The van der Waals surface area contributed by atoms with Crippen molar-refractivity contribution in [2.24, 2.45) is 10.2 Å². The fourth-order valence-electron chi connectivity index (χ4n) is 1.82. The molecule has 0 radical (unpaired) electrons. The second kappa shape index (κ2) is 5.68. The number of azo groups is 1. The summed E-state index contributed by atoms with van der Waals surface area (Å²) in [6, 6.07) is 6.78. The molecule has 3 N–H and O–H groups in total. The number of nitrogen functional groups attached to an aromatic ring is 1. The van der Waals surface area contributed by atoms with Crippen molar-refractivity contribution < 1.29 is 8.78 Å². The third-order valence-electron chi connectivity index (χ3n) is 2.89. The molecule has 0 aliphatic rings. The first-order valence-electron chi connectivity index (χ1n) is 6.26. The molecule has 0 aliphatic carbocycles. The summed E-state index contributed by atoms with van der Waals surface area (Å²) in [4.78, 5) is 4.00. The maximum atomic E-state index is 13.1. The predicted molar refractivity (Wildman–Crippen MR) is 76.8 cm³/mol. The minimum Gasteiger partial charge on any atom is -0.380 e. The van der Waals surface area contributed by atoms with Crippen molar-refractivity contribution in [1.29, 1.82) is 0 Å². The number of halogens is 2. The number of rotatable bonds is 3. The highest BCUT2D eigenvalue weighted by Crippen LogP contribution is 2.33. The molecular formula is C14H10F2N6. The number of hydrogen-bond acceptors (Lipinski definition) is 5. The number of H-pyrrole nitrogens is 1. The van der Waals surface area contributed by atoms with Gasteiger partial charge in [-0.15, -0.1) is 5.11 Å². The maximum Gasteiger partial charge on any atom is 0.173 e. The number of anilines is 1. The van der Waals surface area contributed by atoms with Crippen LogP contribution >= 0.6 is 0 Å². The summed E-state index contributed by atoms with van der Waals surface area (Å²) in [5.41, 5.74) is 7.48. The molecule has 0 saturated carbocycles. The zero-order valence-corrected chi connectivity index (χ0v) is 11.2. The highest BCUT2D eigenvalue weighted by Gasteiger charge is 2.12. The Morgan fingerprint density at radius 1 is 1.09 bits per heavy atom. The molecule has 0 amide bonds. The Balaban J connectivity index is 1.97. The van der Waals surface area contributed by atoms with Crippen LogP contribution in [0, 0.1) is 11.6 Å². The van der Waals surface area contributed by atoms with Crippen molar-refractivity contribution in [2.75, 3.05) is 5.73 Å². The fourth-order valence-corrected chi connectivity index (χ4v) is 1.82. The zero-order chi connectivity index (χ0) is 15.5. The van der Waals surface area contributed by atoms with Crippen LogP contribution in [-0.4, -0.2) is 15.2 Å². The van der Waals surface area contributed by atoms with Crippen LogP contribution in [-0.2, 0) is 0 Å². The van der Waals surface area contributed by atoms with Crippen molar-refractivity contribution in [2.45, 2.75) is 0 Å². The Bertz CT molecular complexity index is 829. The van der Waals surface area contributed by atoms with Crippen LogP contribution in [0.2, 0.25) is 0 Å². The predicted octanol–water partition coefficient (Wildman–Crippen LogP) is 3.75. The summed E-state index contributed by atoms with van der Waals surface area (Å²) in [7, 11) is 0. The van der Waals surface area contributed by atoms with Gasteiger partial charge in [-0.1, -0.05) is 0 Å². The van der Waals surface area contributed by atoms with Gasteiger partial charge in [0.05, 0.1) is 11.4 Å². The second-order valence-corrected chi connectivity index (χ2v) is 4.37. The first-order chi connectivity index (χ1) is 10.6. The van der Waals surface area contributed by atoms with Crippen molar-refractivity contribution in [3.8, 4) is 11.3 Å². The smallest absolute Gasteiger partial charge is 0.173 e. The molecule has 0 saturated heterocycles.